The molecule has 1 aliphatic rings. The molecular formula is C21H25N2O2. The molecule has 1 fully saturated rings. The molecular weight excluding hydrogens is 312 g/mol. The van der Waals surface area contributed by atoms with Crippen LogP contribution in [0.2, 0.25) is 0 Å². The van der Waals surface area contributed by atoms with Gasteiger partial charge in [-0.05, 0) is 43.2 Å². The molecule has 0 spiro atoms. The molecule has 1 aliphatic heterocycles. The van der Waals surface area contributed by atoms with Crippen molar-refractivity contribution in [3.63, 3.8) is 0 Å². The van der Waals surface area contributed by atoms with Crippen LogP contribution in [0.3, 0.4) is 0 Å². The maximum absolute atomic E-state index is 12.4. The first-order valence-corrected chi connectivity index (χ1v) is 8.90. The highest BCUT2D eigenvalue weighted by Gasteiger charge is 2.21. The summed E-state index contributed by atoms with van der Waals surface area (Å²) in [6.07, 6.45) is 2.47. The number of amides is 1. The molecule has 0 N–H and O–H groups in total. The van der Waals surface area contributed by atoms with Crippen LogP contribution in [0, 0.1) is 6.42 Å². The first-order chi connectivity index (χ1) is 12.3. The Morgan fingerprint density at radius 2 is 1.68 bits per heavy atom. The van der Waals surface area contributed by atoms with Crippen LogP contribution < -0.4 is 9.64 Å². The molecule has 0 atom stereocenters. The summed E-state index contributed by atoms with van der Waals surface area (Å²) < 4.78 is 5.49. The second-order valence-electron chi connectivity index (χ2n) is 6.11. The Kier molecular flexibility index (Phi) is 5.94. The van der Waals surface area contributed by atoms with Gasteiger partial charge in [0.1, 0.15) is 5.75 Å². The van der Waals surface area contributed by atoms with E-state index in [1.54, 1.807) is 0 Å². The van der Waals surface area contributed by atoms with Crippen molar-refractivity contribution < 1.29 is 9.53 Å². The summed E-state index contributed by atoms with van der Waals surface area (Å²) >= 11 is 0. The van der Waals surface area contributed by atoms with E-state index < -0.39 is 0 Å². The van der Waals surface area contributed by atoms with Crippen molar-refractivity contribution >= 4 is 11.6 Å². The quantitative estimate of drug-likeness (QED) is 0.810. The van der Waals surface area contributed by atoms with Gasteiger partial charge in [0.05, 0.1) is 6.61 Å². The molecule has 4 nitrogen and oxygen atoms in total. The van der Waals surface area contributed by atoms with Crippen LogP contribution in [0.1, 0.15) is 18.9 Å². The molecule has 3 rings (SSSR count). The zero-order valence-corrected chi connectivity index (χ0v) is 14.7. The lowest BCUT2D eigenvalue weighted by Gasteiger charge is -2.36. The smallest absolute Gasteiger partial charge is 0.223 e. The molecule has 1 amide bonds. The summed E-state index contributed by atoms with van der Waals surface area (Å²) in [6, 6.07) is 18.2. The highest BCUT2D eigenvalue weighted by Crippen LogP contribution is 2.21. The largest absolute Gasteiger partial charge is 0.494 e. The van der Waals surface area contributed by atoms with Gasteiger partial charge in [-0.1, -0.05) is 30.3 Å². The Balaban J connectivity index is 1.47. The topological polar surface area (TPSA) is 32.8 Å². The van der Waals surface area contributed by atoms with Crippen molar-refractivity contribution in [1.82, 2.24) is 4.90 Å². The Hall–Kier alpha value is -2.49. The number of anilines is 1. The van der Waals surface area contributed by atoms with Crippen LogP contribution in [0.4, 0.5) is 5.69 Å². The Morgan fingerprint density at radius 3 is 2.32 bits per heavy atom. The molecule has 0 aliphatic carbocycles. The second-order valence-corrected chi connectivity index (χ2v) is 6.11. The predicted molar refractivity (Wildman–Crippen MR) is 101 cm³/mol. The molecule has 0 aromatic heterocycles. The number of piperazine rings is 1. The van der Waals surface area contributed by atoms with Crippen molar-refractivity contribution in [2.24, 2.45) is 0 Å². The van der Waals surface area contributed by atoms with Gasteiger partial charge in [0.2, 0.25) is 5.91 Å². The predicted octanol–water partition coefficient (Wildman–Crippen LogP) is 3.38. The first kappa shape index (κ1) is 17.3. The average Bonchev–Trinajstić information content (AvgIpc) is 2.68. The minimum absolute atomic E-state index is 0.204. The van der Waals surface area contributed by atoms with Gasteiger partial charge in [-0.25, -0.2) is 0 Å². The highest BCUT2D eigenvalue weighted by atomic mass is 16.5. The fraction of sp³-hybridized carbons (Fsp3) is 0.333. The fourth-order valence-corrected chi connectivity index (χ4v) is 3.06. The summed E-state index contributed by atoms with van der Waals surface area (Å²) in [5.74, 6) is 1.10. The third-order valence-electron chi connectivity index (χ3n) is 4.46. The van der Waals surface area contributed by atoms with E-state index in [-0.39, 0.29) is 5.91 Å². The van der Waals surface area contributed by atoms with Gasteiger partial charge in [-0.2, -0.15) is 0 Å². The van der Waals surface area contributed by atoms with E-state index >= 15 is 0 Å². The Morgan fingerprint density at radius 1 is 1.00 bits per heavy atom. The van der Waals surface area contributed by atoms with Crippen molar-refractivity contribution in [3.05, 3.63) is 66.6 Å². The molecule has 1 saturated heterocycles. The first-order valence-electron chi connectivity index (χ1n) is 8.90. The van der Waals surface area contributed by atoms with Crippen LogP contribution in [-0.2, 0) is 4.79 Å². The SMILES string of the molecule is CCOc1ccc(N2CCN(C(=O)C[CH]c3ccccc3)CC2)cc1. The van der Waals surface area contributed by atoms with Crippen LogP contribution in [0.5, 0.6) is 5.75 Å². The van der Waals surface area contributed by atoms with Gasteiger partial charge in [-0.15, -0.1) is 0 Å². The second kappa shape index (κ2) is 8.56. The van der Waals surface area contributed by atoms with Crippen LogP contribution >= 0.6 is 0 Å². The molecule has 0 unspecified atom stereocenters. The maximum Gasteiger partial charge on any atom is 0.223 e. The molecule has 2 aromatic carbocycles. The third-order valence-corrected chi connectivity index (χ3v) is 4.46. The lowest BCUT2D eigenvalue weighted by atomic mass is 10.1. The van der Waals surface area contributed by atoms with Crippen molar-refractivity contribution in [3.8, 4) is 5.75 Å². The molecule has 25 heavy (non-hydrogen) atoms. The summed E-state index contributed by atoms with van der Waals surface area (Å²) in [6.45, 7) is 5.94. The minimum Gasteiger partial charge on any atom is -0.494 e. The van der Waals surface area contributed by atoms with Crippen molar-refractivity contribution in [1.29, 1.82) is 0 Å². The van der Waals surface area contributed by atoms with Gasteiger partial charge in [-0.3, -0.25) is 4.79 Å². The molecule has 1 heterocycles. The van der Waals surface area contributed by atoms with E-state index in [0.717, 1.165) is 37.5 Å². The molecule has 4 heteroatoms. The van der Waals surface area contributed by atoms with E-state index in [4.69, 9.17) is 4.74 Å². The number of nitrogens with zero attached hydrogens (tertiary/aromatic N) is 2. The van der Waals surface area contributed by atoms with Crippen molar-refractivity contribution in [2.45, 2.75) is 13.3 Å². The van der Waals surface area contributed by atoms with E-state index in [2.05, 4.69) is 17.0 Å². The van der Waals surface area contributed by atoms with Gasteiger partial charge < -0.3 is 14.5 Å². The van der Waals surface area contributed by atoms with Gasteiger partial charge >= 0.3 is 0 Å². The number of benzene rings is 2. The van der Waals surface area contributed by atoms with E-state index in [1.165, 1.54) is 5.69 Å². The standard InChI is InChI=1S/C21H25N2O2/c1-2-25-20-11-9-19(10-12-20)22-14-16-23(17-15-22)21(24)13-8-18-6-4-3-5-7-18/h3-12H,2,13-17H2,1H3. The average molecular weight is 337 g/mol. The number of carbonyl (C=O) groups is 1. The highest BCUT2D eigenvalue weighted by molar-refractivity contribution is 5.78. The van der Waals surface area contributed by atoms with E-state index in [0.29, 0.717) is 13.0 Å². The monoisotopic (exact) mass is 337 g/mol. The molecule has 0 saturated carbocycles. The number of hydrogen-bond acceptors (Lipinski definition) is 3. The summed E-state index contributed by atoms with van der Waals surface area (Å²) in [5, 5.41) is 0. The van der Waals surface area contributed by atoms with E-state index in [1.807, 2.05) is 60.7 Å². The van der Waals surface area contributed by atoms with Gasteiger partial charge in [0.15, 0.2) is 0 Å². The lowest BCUT2D eigenvalue weighted by molar-refractivity contribution is -0.130. The molecule has 131 valence electrons. The van der Waals surface area contributed by atoms with Gasteiger partial charge in [0.25, 0.3) is 0 Å². The third kappa shape index (κ3) is 4.75. The maximum atomic E-state index is 12.4. The summed E-state index contributed by atoms with van der Waals surface area (Å²) in [4.78, 5) is 16.7. The Bertz CT molecular complexity index is 662. The van der Waals surface area contributed by atoms with Gasteiger partial charge in [0, 0.05) is 38.3 Å². The number of ether oxygens (including phenoxy) is 1. The zero-order valence-electron chi connectivity index (χ0n) is 14.7. The van der Waals surface area contributed by atoms with Crippen molar-refractivity contribution in [2.75, 3.05) is 37.7 Å². The summed E-state index contributed by atoms with van der Waals surface area (Å²) in [7, 11) is 0. The number of rotatable bonds is 6. The molecule has 0 bridgehead atoms. The minimum atomic E-state index is 0.204. The van der Waals surface area contributed by atoms with Crippen LogP contribution in [0.25, 0.3) is 0 Å². The molecule has 2 aromatic rings. The normalized spacial score (nSPS) is 14.4. The summed E-state index contributed by atoms with van der Waals surface area (Å²) in [5.41, 5.74) is 2.29. The lowest BCUT2D eigenvalue weighted by Crippen LogP contribution is -2.48. The number of carbonyl (C=O) groups excluding carboxylic acids is 1. The van der Waals surface area contributed by atoms with Crippen LogP contribution in [-0.4, -0.2) is 43.6 Å². The molecule has 1 radical (unpaired) electrons. The number of hydrogen-bond donors (Lipinski definition) is 0. The van der Waals surface area contributed by atoms with Crippen LogP contribution in [0.15, 0.2) is 54.6 Å². The zero-order chi connectivity index (χ0) is 17.5. The fourth-order valence-electron chi connectivity index (χ4n) is 3.06. The van der Waals surface area contributed by atoms with E-state index in [9.17, 15) is 4.79 Å². The Labute approximate surface area is 150 Å².